The van der Waals surface area contributed by atoms with Crippen LogP contribution in [0.1, 0.15) is 10.4 Å². The monoisotopic (exact) mass is 340 g/mol. The van der Waals surface area contributed by atoms with E-state index in [9.17, 15) is 13.2 Å². The van der Waals surface area contributed by atoms with Gasteiger partial charge in [-0.1, -0.05) is 23.7 Å². The molecular formula is C14H13ClN2O4S. The molecule has 0 aliphatic carbocycles. The van der Waals surface area contributed by atoms with Crippen LogP contribution in [0.2, 0.25) is 5.15 Å². The van der Waals surface area contributed by atoms with Crippen molar-refractivity contribution in [2.24, 2.45) is 0 Å². The van der Waals surface area contributed by atoms with Crippen molar-refractivity contribution in [2.75, 3.05) is 14.1 Å². The van der Waals surface area contributed by atoms with Gasteiger partial charge in [0.25, 0.3) is 0 Å². The molecule has 0 bridgehead atoms. The van der Waals surface area contributed by atoms with Gasteiger partial charge in [0, 0.05) is 25.9 Å². The summed E-state index contributed by atoms with van der Waals surface area (Å²) in [5, 5.41) is 8.95. The lowest BCUT2D eigenvalue weighted by atomic mass is 10.1. The van der Waals surface area contributed by atoms with E-state index < -0.39 is 16.0 Å². The van der Waals surface area contributed by atoms with Crippen LogP contribution < -0.4 is 0 Å². The van der Waals surface area contributed by atoms with E-state index >= 15 is 0 Å². The molecule has 0 atom stereocenters. The number of rotatable bonds is 4. The van der Waals surface area contributed by atoms with Gasteiger partial charge in [-0.25, -0.2) is 22.5 Å². The maximum atomic E-state index is 12.1. The predicted molar refractivity (Wildman–Crippen MR) is 82.5 cm³/mol. The summed E-state index contributed by atoms with van der Waals surface area (Å²) in [5.41, 5.74) is 0.868. The van der Waals surface area contributed by atoms with E-state index in [2.05, 4.69) is 4.98 Å². The number of carbonyl (C=O) groups is 1. The van der Waals surface area contributed by atoms with Crippen LogP contribution in [0.4, 0.5) is 0 Å². The van der Waals surface area contributed by atoms with Crippen molar-refractivity contribution in [3.8, 4) is 11.1 Å². The number of benzene rings is 1. The standard InChI is InChI=1S/C14H13ClN2O4S/c1-17(2)22(20,21)11-5-3-4-9(6-11)10-7-12(14(18)19)13(15)16-8-10/h3-8H,1-2H3,(H,18,19). The second kappa shape index (κ2) is 6.04. The molecule has 0 unspecified atom stereocenters. The molecule has 0 radical (unpaired) electrons. The molecule has 0 saturated carbocycles. The van der Waals surface area contributed by atoms with E-state index in [0.29, 0.717) is 11.1 Å². The molecule has 22 heavy (non-hydrogen) atoms. The minimum absolute atomic E-state index is 0.113. The summed E-state index contributed by atoms with van der Waals surface area (Å²) in [6.45, 7) is 0. The predicted octanol–water partition coefficient (Wildman–Crippen LogP) is 2.35. The number of carboxylic acids is 1. The molecule has 2 rings (SSSR count). The van der Waals surface area contributed by atoms with Crippen molar-refractivity contribution in [2.45, 2.75) is 4.90 Å². The summed E-state index contributed by atoms with van der Waals surface area (Å²) in [7, 11) is -0.694. The van der Waals surface area contributed by atoms with E-state index in [1.807, 2.05) is 0 Å². The molecule has 6 nitrogen and oxygen atoms in total. The first-order valence-electron chi connectivity index (χ1n) is 6.15. The highest BCUT2D eigenvalue weighted by Gasteiger charge is 2.18. The highest BCUT2D eigenvalue weighted by atomic mass is 35.5. The summed E-state index contributed by atoms with van der Waals surface area (Å²) in [6.07, 6.45) is 1.40. The third kappa shape index (κ3) is 3.11. The number of halogens is 1. The number of sulfonamides is 1. The van der Waals surface area contributed by atoms with Crippen molar-refractivity contribution in [3.63, 3.8) is 0 Å². The average molecular weight is 341 g/mol. The van der Waals surface area contributed by atoms with Crippen LogP contribution in [0, 0.1) is 0 Å². The van der Waals surface area contributed by atoms with Crippen LogP contribution >= 0.6 is 11.6 Å². The molecular weight excluding hydrogens is 328 g/mol. The van der Waals surface area contributed by atoms with Gasteiger partial charge in [0.15, 0.2) is 0 Å². The Morgan fingerprint density at radius 1 is 1.23 bits per heavy atom. The fourth-order valence-electron chi connectivity index (χ4n) is 1.80. The minimum atomic E-state index is -3.57. The largest absolute Gasteiger partial charge is 0.478 e. The van der Waals surface area contributed by atoms with Crippen LogP contribution in [0.5, 0.6) is 0 Å². The lowest BCUT2D eigenvalue weighted by Crippen LogP contribution is -2.22. The minimum Gasteiger partial charge on any atom is -0.478 e. The molecule has 0 aliphatic rings. The van der Waals surface area contributed by atoms with Gasteiger partial charge < -0.3 is 5.11 Å². The van der Waals surface area contributed by atoms with E-state index in [-0.39, 0.29) is 15.6 Å². The number of aromatic carboxylic acids is 1. The zero-order valence-corrected chi connectivity index (χ0v) is 13.4. The summed E-state index contributed by atoms with van der Waals surface area (Å²) in [5.74, 6) is -1.20. The van der Waals surface area contributed by atoms with Gasteiger partial charge in [0.2, 0.25) is 10.0 Å². The summed E-state index contributed by atoms with van der Waals surface area (Å²) < 4.78 is 25.4. The average Bonchev–Trinajstić information content (AvgIpc) is 2.47. The van der Waals surface area contributed by atoms with Crippen LogP contribution in [0.15, 0.2) is 41.4 Å². The number of nitrogens with zero attached hydrogens (tertiary/aromatic N) is 2. The number of hydrogen-bond donors (Lipinski definition) is 1. The maximum absolute atomic E-state index is 12.1. The van der Waals surface area contributed by atoms with Gasteiger partial charge >= 0.3 is 5.97 Å². The zero-order chi connectivity index (χ0) is 16.5. The zero-order valence-electron chi connectivity index (χ0n) is 11.8. The maximum Gasteiger partial charge on any atom is 0.338 e. The van der Waals surface area contributed by atoms with Gasteiger partial charge in [-0.15, -0.1) is 0 Å². The molecule has 1 N–H and O–H groups in total. The van der Waals surface area contributed by atoms with Crippen LogP contribution in [0.25, 0.3) is 11.1 Å². The Balaban J connectivity index is 2.56. The molecule has 1 aromatic heterocycles. The number of pyridine rings is 1. The molecule has 2 aromatic rings. The number of hydrogen-bond acceptors (Lipinski definition) is 4. The Morgan fingerprint density at radius 2 is 1.91 bits per heavy atom. The first-order chi connectivity index (χ1) is 10.2. The molecule has 0 spiro atoms. The molecule has 0 fully saturated rings. The van der Waals surface area contributed by atoms with Crippen molar-refractivity contribution < 1.29 is 18.3 Å². The molecule has 116 valence electrons. The third-order valence-electron chi connectivity index (χ3n) is 3.02. The second-order valence-electron chi connectivity index (χ2n) is 4.68. The summed E-state index contributed by atoms with van der Waals surface area (Å²) in [4.78, 5) is 15.0. The Bertz CT molecular complexity index is 834. The summed E-state index contributed by atoms with van der Waals surface area (Å²) >= 11 is 5.73. The Morgan fingerprint density at radius 3 is 2.50 bits per heavy atom. The molecule has 0 aliphatic heterocycles. The lowest BCUT2D eigenvalue weighted by molar-refractivity contribution is 0.0696. The van der Waals surface area contributed by atoms with E-state index in [4.69, 9.17) is 16.7 Å². The van der Waals surface area contributed by atoms with Gasteiger partial charge in [-0.2, -0.15) is 0 Å². The van der Waals surface area contributed by atoms with E-state index in [1.165, 1.54) is 38.5 Å². The second-order valence-corrected chi connectivity index (χ2v) is 7.19. The van der Waals surface area contributed by atoms with Crippen molar-refractivity contribution >= 4 is 27.6 Å². The fourth-order valence-corrected chi connectivity index (χ4v) is 2.94. The smallest absolute Gasteiger partial charge is 0.338 e. The SMILES string of the molecule is CN(C)S(=O)(=O)c1cccc(-c2cnc(Cl)c(C(=O)O)c2)c1. The highest BCUT2D eigenvalue weighted by molar-refractivity contribution is 7.89. The van der Waals surface area contributed by atoms with Gasteiger partial charge in [-0.05, 0) is 23.8 Å². The first-order valence-corrected chi connectivity index (χ1v) is 7.97. The van der Waals surface area contributed by atoms with Crippen molar-refractivity contribution in [1.82, 2.24) is 9.29 Å². The van der Waals surface area contributed by atoms with Crippen molar-refractivity contribution in [1.29, 1.82) is 0 Å². The third-order valence-corrected chi connectivity index (χ3v) is 5.13. The van der Waals surface area contributed by atoms with Gasteiger partial charge in [-0.3, -0.25) is 0 Å². The van der Waals surface area contributed by atoms with Crippen LogP contribution in [-0.2, 0) is 10.0 Å². The molecule has 0 saturated heterocycles. The summed E-state index contributed by atoms with van der Waals surface area (Å²) in [6, 6.07) is 7.55. The van der Waals surface area contributed by atoms with Gasteiger partial charge in [0.05, 0.1) is 10.5 Å². The molecule has 1 heterocycles. The topological polar surface area (TPSA) is 87.6 Å². The number of aromatic nitrogens is 1. The Kier molecular flexibility index (Phi) is 4.50. The lowest BCUT2D eigenvalue weighted by Gasteiger charge is -2.12. The Hall–Kier alpha value is -1.96. The molecule has 8 heteroatoms. The molecule has 1 aromatic carbocycles. The van der Waals surface area contributed by atoms with E-state index in [0.717, 1.165) is 4.31 Å². The van der Waals surface area contributed by atoms with Crippen LogP contribution in [-0.4, -0.2) is 42.9 Å². The highest BCUT2D eigenvalue weighted by Crippen LogP contribution is 2.26. The van der Waals surface area contributed by atoms with Crippen LogP contribution in [0.3, 0.4) is 0 Å². The first kappa shape index (κ1) is 16.4. The fraction of sp³-hybridized carbons (Fsp3) is 0.143. The van der Waals surface area contributed by atoms with Gasteiger partial charge in [0.1, 0.15) is 5.15 Å². The van der Waals surface area contributed by atoms with Crippen molar-refractivity contribution in [3.05, 3.63) is 47.2 Å². The number of carboxylic acid groups (broad SMARTS) is 1. The quantitative estimate of drug-likeness (QED) is 0.863. The Labute approximate surface area is 133 Å². The molecule has 0 amide bonds. The van der Waals surface area contributed by atoms with E-state index in [1.54, 1.807) is 12.1 Å². The normalized spacial score (nSPS) is 11.6.